The summed E-state index contributed by atoms with van der Waals surface area (Å²) in [5, 5.41) is 36.9. The Morgan fingerprint density at radius 3 is 2.38 bits per heavy atom. The number of ether oxygens (including phenoxy) is 3. The first-order valence-corrected chi connectivity index (χ1v) is 18.0. The highest BCUT2D eigenvalue weighted by Gasteiger charge is 2.62. The molecule has 3 unspecified atom stereocenters. The Hall–Kier alpha value is -4.18. The number of benzene rings is 1. The maximum absolute atomic E-state index is 13.4. The fourth-order valence-electron chi connectivity index (χ4n) is 8.86. The second kappa shape index (κ2) is 17.3. The van der Waals surface area contributed by atoms with Gasteiger partial charge in [-0.3, -0.25) is 14.4 Å². The quantitative estimate of drug-likeness (QED) is 0.0562. The van der Waals surface area contributed by atoms with E-state index in [1.807, 2.05) is 6.08 Å². The molecule has 3 saturated carbocycles. The van der Waals surface area contributed by atoms with E-state index < -0.39 is 47.2 Å². The molecule has 0 saturated heterocycles. The minimum Gasteiger partial charge on any atom is -0.465 e. The van der Waals surface area contributed by atoms with Gasteiger partial charge in [-0.15, -0.1) is 10.1 Å². The van der Waals surface area contributed by atoms with Gasteiger partial charge in [-0.2, -0.15) is 0 Å². The molecule has 8 atom stereocenters. The number of allylic oxidation sites excluding steroid dienone is 4. The molecule has 3 fully saturated rings. The fraction of sp³-hybridized carbons (Fsp3) is 0.632. The van der Waals surface area contributed by atoms with Crippen LogP contribution in [-0.4, -0.2) is 81.9 Å². The van der Waals surface area contributed by atoms with Gasteiger partial charge in [0.2, 0.25) is 0 Å². The van der Waals surface area contributed by atoms with Crippen LogP contribution in [0.3, 0.4) is 0 Å². The molecule has 5 rings (SSSR count). The van der Waals surface area contributed by atoms with E-state index in [1.165, 1.54) is 26.0 Å². The number of carbonyl (C=O) groups excluding carboxylic acids is 4. The number of unbranched alkanes of at least 4 members (excludes halogenated alkanes) is 1. The first-order chi connectivity index (χ1) is 24.8. The predicted molar refractivity (Wildman–Crippen MR) is 188 cm³/mol. The van der Waals surface area contributed by atoms with Crippen molar-refractivity contribution >= 4 is 23.7 Å². The molecule has 292 valence electrons. The van der Waals surface area contributed by atoms with Crippen molar-refractivity contribution in [2.45, 2.75) is 97.0 Å². The zero-order valence-corrected chi connectivity index (χ0v) is 30.7. The molecule has 0 radical (unpaired) electrons. The summed E-state index contributed by atoms with van der Waals surface area (Å²) in [5.41, 5.74) is 6.93. The molecule has 1 aromatic carbocycles. The smallest absolute Gasteiger partial charge is 0.465 e. The monoisotopic (exact) mass is 744 g/mol. The van der Waals surface area contributed by atoms with Crippen molar-refractivity contribution in [3.63, 3.8) is 0 Å². The third kappa shape index (κ3) is 10.7. The summed E-state index contributed by atoms with van der Waals surface area (Å²) in [6, 6.07) is 5.40. The minimum atomic E-state index is -1.50. The number of fused-ring (bicyclic) bond motifs is 5. The van der Waals surface area contributed by atoms with Crippen LogP contribution < -0.4 is 10.5 Å². The molecule has 0 bridgehead atoms. The average Bonchev–Trinajstić information content (AvgIpc) is 3.41. The number of carbonyl (C=O) groups is 4. The summed E-state index contributed by atoms with van der Waals surface area (Å²) in [5.74, 6) is -2.01. The number of ketones is 2. The Bertz CT molecular complexity index is 1560. The second-order valence-corrected chi connectivity index (χ2v) is 15.4. The van der Waals surface area contributed by atoms with Gasteiger partial charge >= 0.3 is 12.1 Å². The van der Waals surface area contributed by atoms with E-state index in [4.69, 9.17) is 30.2 Å². The van der Waals surface area contributed by atoms with Crippen LogP contribution in [0, 0.1) is 44.6 Å². The van der Waals surface area contributed by atoms with Crippen molar-refractivity contribution in [3.05, 3.63) is 63.7 Å². The lowest BCUT2D eigenvalue weighted by Crippen LogP contribution is -2.56. The molecule has 1 aromatic rings. The van der Waals surface area contributed by atoms with Crippen LogP contribution >= 0.6 is 0 Å². The lowest BCUT2D eigenvalue weighted by atomic mass is 9.46. The van der Waals surface area contributed by atoms with Gasteiger partial charge in [0, 0.05) is 17.3 Å². The number of hydrogen-bond acceptors (Lipinski definition) is 14. The molecule has 0 spiro atoms. The minimum absolute atomic E-state index is 0.00600. The van der Waals surface area contributed by atoms with Crippen LogP contribution in [-0.2, 0) is 35.1 Å². The number of rotatable bonds is 13. The lowest BCUT2D eigenvalue weighted by molar-refractivity contribution is -0.757. The second-order valence-electron chi connectivity index (χ2n) is 15.4. The Kier molecular flexibility index (Phi) is 13.6. The third-order valence-electron chi connectivity index (χ3n) is 11.1. The first-order valence-electron chi connectivity index (χ1n) is 18.0. The van der Waals surface area contributed by atoms with Crippen LogP contribution in [0.5, 0.6) is 5.75 Å². The maximum atomic E-state index is 13.4. The Balaban J connectivity index is 0.00000117. The van der Waals surface area contributed by atoms with Crippen molar-refractivity contribution in [1.82, 2.24) is 0 Å². The van der Waals surface area contributed by atoms with E-state index in [9.17, 15) is 34.4 Å². The van der Waals surface area contributed by atoms with Crippen LogP contribution in [0.15, 0.2) is 48.1 Å². The van der Waals surface area contributed by atoms with Gasteiger partial charge in [-0.1, -0.05) is 37.6 Å². The van der Waals surface area contributed by atoms with Gasteiger partial charge in [0.25, 0.3) is 5.09 Å². The van der Waals surface area contributed by atoms with Gasteiger partial charge in [-0.05, 0) is 112 Å². The van der Waals surface area contributed by atoms with Crippen LogP contribution in [0.25, 0.3) is 0 Å². The van der Waals surface area contributed by atoms with E-state index in [1.54, 1.807) is 24.3 Å². The molecule has 5 N–H and O–H groups in total. The number of nitrogens with two attached hydrogens (primary N) is 1. The van der Waals surface area contributed by atoms with E-state index in [-0.39, 0.29) is 66.0 Å². The van der Waals surface area contributed by atoms with Gasteiger partial charge < -0.3 is 40.1 Å². The zero-order chi connectivity index (χ0) is 39.1. The van der Waals surface area contributed by atoms with E-state index >= 15 is 0 Å². The normalized spacial score (nSPS) is 29.2. The zero-order valence-electron chi connectivity index (χ0n) is 30.7. The van der Waals surface area contributed by atoms with Crippen molar-refractivity contribution in [2.24, 2.45) is 40.2 Å². The van der Waals surface area contributed by atoms with Crippen molar-refractivity contribution in [3.8, 4) is 5.75 Å². The first kappa shape index (κ1) is 41.6. The molecule has 53 heavy (non-hydrogen) atoms. The summed E-state index contributed by atoms with van der Waals surface area (Å²) >= 11 is 0. The number of aliphatic hydroxyl groups excluding tert-OH is 1. The van der Waals surface area contributed by atoms with Gasteiger partial charge in [0.05, 0.1) is 19.3 Å². The molecular weight excluding hydrogens is 692 g/mol. The van der Waals surface area contributed by atoms with Crippen molar-refractivity contribution in [1.29, 1.82) is 0 Å². The van der Waals surface area contributed by atoms with Crippen molar-refractivity contribution < 1.29 is 58.6 Å². The number of nitrogens with zero attached hydrogens (tertiary/aromatic N) is 1. The van der Waals surface area contributed by atoms with Crippen LogP contribution in [0.4, 0.5) is 4.79 Å². The van der Waals surface area contributed by atoms with E-state index in [2.05, 4.69) is 18.7 Å². The summed E-state index contributed by atoms with van der Waals surface area (Å²) < 4.78 is 15.6. The summed E-state index contributed by atoms with van der Waals surface area (Å²) in [7, 11) is 0. The molecule has 0 heterocycles. The molecular formula is C38H52N2O13. The number of Topliss-reactive ketones (excluding diaryl/α,β-unsaturated/α-hetero) is 1. The van der Waals surface area contributed by atoms with Gasteiger partial charge in [-0.25, -0.2) is 4.79 Å². The Morgan fingerprint density at radius 2 is 1.72 bits per heavy atom. The number of hydrogen-bond donors (Lipinski definition) is 4. The highest BCUT2D eigenvalue weighted by Crippen LogP contribution is 2.66. The number of esters is 1. The fourth-order valence-corrected chi connectivity index (χ4v) is 8.86. The molecule has 15 nitrogen and oxygen atoms in total. The van der Waals surface area contributed by atoms with Gasteiger partial charge in [0.15, 0.2) is 24.0 Å². The molecule has 0 amide bonds. The molecule has 0 aromatic heterocycles. The maximum Gasteiger partial charge on any atom is 0.514 e. The summed E-state index contributed by atoms with van der Waals surface area (Å²) in [6.45, 7) is 6.36. The Morgan fingerprint density at radius 1 is 1.06 bits per heavy atom. The van der Waals surface area contributed by atoms with E-state index in [0.29, 0.717) is 31.2 Å². The van der Waals surface area contributed by atoms with Crippen LogP contribution in [0.1, 0.15) is 78.2 Å². The largest absolute Gasteiger partial charge is 0.514 e. The topological polar surface area (TPSA) is 235 Å². The summed E-state index contributed by atoms with van der Waals surface area (Å²) in [6.07, 6.45) is 8.26. The van der Waals surface area contributed by atoms with Crippen LogP contribution in [0.2, 0.25) is 0 Å². The summed E-state index contributed by atoms with van der Waals surface area (Å²) in [4.78, 5) is 64.5. The molecule has 4 aliphatic carbocycles. The predicted octanol–water partition coefficient (Wildman–Crippen LogP) is 3.77. The Labute approximate surface area is 308 Å². The molecule has 0 aliphatic heterocycles. The average molecular weight is 745 g/mol. The highest BCUT2D eigenvalue weighted by molar-refractivity contribution is 6.01. The van der Waals surface area contributed by atoms with Crippen molar-refractivity contribution in [2.75, 3.05) is 19.8 Å². The van der Waals surface area contributed by atoms with E-state index in [0.717, 1.165) is 24.8 Å². The third-order valence-corrected chi connectivity index (χ3v) is 11.1. The number of aliphatic hydroxyl groups is 3. The standard InChI is InChI=1S/C35H44N2O11.C3H8O2/c1-34-14-13-23(38)18-22(34)7-10-25-26-11-12-27(35(26,2)19-29(39)31(25)34)30(40)20-46-33(42)48-24-8-5-21(6-9-24)17-28(36)32(41)45-15-3-4-16-47-37(43)44;1-3(2,4)5/h5-6,8-9,13-14,18,25-29,31,39H,3-4,7,10-12,15-17,19-20,36H2,1-2H3;4-5H,1-2H3/t25?,26?,27-,28+,29+,31?,34+,35+;/m1./s1. The highest BCUT2D eigenvalue weighted by atomic mass is 16.9. The molecule has 15 heteroatoms. The SMILES string of the molecule is CC(C)(O)O.C[C@]12C=CC(=O)C=C1CCC1C2[C@@H](O)C[C@@]2(C)C1CC[C@@H]2C(=O)COC(=O)Oc1ccc(C[C@H](N)C(=O)OCCCCO[N+](=O)[O-])cc1. The molecule has 4 aliphatic rings. The van der Waals surface area contributed by atoms with Gasteiger partial charge in [0.1, 0.15) is 11.8 Å². The lowest BCUT2D eigenvalue weighted by Gasteiger charge is -2.58.